The lowest BCUT2D eigenvalue weighted by atomic mass is 10.3. The number of thioether (sulfide) groups is 1. The maximum atomic E-state index is 12.8. The van der Waals surface area contributed by atoms with Crippen molar-refractivity contribution in [2.75, 3.05) is 11.1 Å². The number of ether oxygens (including phenoxy) is 1. The predicted molar refractivity (Wildman–Crippen MR) is 83.5 cm³/mol. The van der Waals surface area contributed by atoms with Crippen molar-refractivity contribution in [3.05, 3.63) is 54.3 Å². The first-order valence-corrected chi connectivity index (χ1v) is 7.84. The zero-order valence-electron chi connectivity index (χ0n) is 12.3. The Morgan fingerprint density at radius 3 is 2.25 bits per heavy atom. The third-order valence-corrected chi connectivity index (χ3v) is 3.80. The third-order valence-electron chi connectivity index (χ3n) is 2.78. The van der Waals surface area contributed by atoms with E-state index in [1.54, 1.807) is 12.1 Å². The van der Waals surface area contributed by atoms with Crippen LogP contribution in [-0.4, -0.2) is 18.0 Å². The highest BCUT2D eigenvalue weighted by molar-refractivity contribution is 7.99. The van der Waals surface area contributed by atoms with Gasteiger partial charge in [0.15, 0.2) is 0 Å². The highest BCUT2D eigenvalue weighted by Crippen LogP contribution is 2.24. The Bertz CT molecular complexity index is 672. The Morgan fingerprint density at radius 2 is 1.67 bits per heavy atom. The number of hydrogen-bond acceptors (Lipinski definition) is 3. The molecule has 0 aliphatic heterocycles. The lowest BCUT2D eigenvalue weighted by molar-refractivity contribution is -0.274. The molecular formula is C16H13F4NO2S. The second kappa shape index (κ2) is 8.05. The molecule has 0 aromatic heterocycles. The molecule has 0 aliphatic rings. The molecule has 24 heavy (non-hydrogen) atoms. The summed E-state index contributed by atoms with van der Waals surface area (Å²) in [7, 11) is 0. The summed E-state index contributed by atoms with van der Waals surface area (Å²) < 4.78 is 52.6. The smallest absolute Gasteiger partial charge is 0.406 e. The summed E-state index contributed by atoms with van der Waals surface area (Å²) in [6.07, 6.45) is -4.54. The van der Waals surface area contributed by atoms with Gasteiger partial charge in [-0.1, -0.05) is 0 Å². The molecule has 0 aliphatic carbocycles. The molecule has 1 N–H and O–H groups in total. The summed E-state index contributed by atoms with van der Waals surface area (Å²) >= 11 is 1.40. The molecule has 0 saturated heterocycles. The molecule has 2 rings (SSSR count). The van der Waals surface area contributed by atoms with Gasteiger partial charge in [-0.05, 0) is 48.5 Å². The summed E-state index contributed by atoms with van der Waals surface area (Å²) in [5.74, 6) is -0.455. The van der Waals surface area contributed by atoms with E-state index in [0.717, 1.165) is 17.0 Å². The summed E-state index contributed by atoms with van der Waals surface area (Å²) in [6, 6.07) is 10.8. The van der Waals surface area contributed by atoms with Crippen molar-refractivity contribution in [2.45, 2.75) is 17.7 Å². The summed E-state index contributed by atoms with van der Waals surface area (Å²) in [4.78, 5) is 12.6. The highest BCUT2D eigenvalue weighted by atomic mass is 32.2. The first-order valence-electron chi connectivity index (χ1n) is 6.86. The largest absolute Gasteiger partial charge is 0.573 e. The fourth-order valence-electron chi connectivity index (χ4n) is 1.76. The van der Waals surface area contributed by atoms with Gasteiger partial charge in [0.25, 0.3) is 0 Å². The first kappa shape index (κ1) is 18.1. The average Bonchev–Trinajstić information content (AvgIpc) is 2.50. The van der Waals surface area contributed by atoms with Crippen LogP contribution in [0.4, 0.5) is 23.2 Å². The molecule has 1 amide bonds. The van der Waals surface area contributed by atoms with Gasteiger partial charge < -0.3 is 10.1 Å². The second-order valence-electron chi connectivity index (χ2n) is 4.67. The van der Waals surface area contributed by atoms with Crippen molar-refractivity contribution in [3.8, 4) is 5.75 Å². The average molecular weight is 359 g/mol. The van der Waals surface area contributed by atoms with Gasteiger partial charge in [0.05, 0.1) is 0 Å². The predicted octanol–water partition coefficient (Wildman–Crippen LogP) is 4.85. The van der Waals surface area contributed by atoms with Crippen LogP contribution in [-0.2, 0) is 4.79 Å². The molecule has 2 aromatic rings. The van der Waals surface area contributed by atoms with E-state index in [-0.39, 0.29) is 23.9 Å². The van der Waals surface area contributed by atoms with Gasteiger partial charge in [-0.25, -0.2) is 4.39 Å². The van der Waals surface area contributed by atoms with Crippen LogP contribution in [0.5, 0.6) is 5.75 Å². The highest BCUT2D eigenvalue weighted by Gasteiger charge is 2.30. The lowest BCUT2D eigenvalue weighted by Gasteiger charge is -2.10. The van der Waals surface area contributed by atoms with Crippen LogP contribution in [0.25, 0.3) is 0 Å². The Kier molecular flexibility index (Phi) is 6.08. The van der Waals surface area contributed by atoms with Crippen molar-refractivity contribution < 1.29 is 27.1 Å². The molecule has 0 spiro atoms. The number of carbonyl (C=O) groups excluding carboxylic acids is 1. The van der Waals surface area contributed by atoms with Gasteiger partial charge in [0.1, 0.15) is 11.6 Å². The van der Waals surface area contributed by atoms with Crippen molar-refractivity contribution in [1.29, 1.82) is 0 Å². The van der Waals surface area contributed by atoms with Crippen LogP contribution in [0.1, 0.15) is 6.42 Å². The van der Waals surface area contributed by atoms with Crippen LogP contribution in [0.15, 0.2) is 53.4 Å². The fourth-order valence-corrected chi connectivity index (χ4v) is 2.61. The van der Waals surface area contributed by atoms with E-state index in [0.29, 0.717) is 11.4 Å². The number of amides is 1. The number of alkyl halides is 3. The summed E-state index contributed by atoms with van der Waals surface area (Å²) in [5, 5.41) is 2.58. The monoisotopic (exact) mass is 359 g/mol. The maximum Gasteiger partial charge on any atom is 0.573 e. The molecule has 0 bridgehead atoms. The number of benzene rings is 2. The number of rotatable bonds is 6. The topological polar surface area (TPSA) is 38.3 Å². The normalized spacial score (nSPS) is 11.2. The zero-order valence-corrected chi connectivity index (χ0v) is 13.1. The second-order valence-corrected chi connectivity index (χ2v) is 5.84. The van der Waals surface area contributed by atoms with Crippen molar-refractivity contribution in [3.63, 3.8) is 0 Å². The molecule has 0 fully saturated rings. The quantitative estimate of drug-likeness (QED) is 0.592. The van der Waals surface area contributed by atoms with Gasteiger partial charge in [0, 0.05) is 22.8 Å². The van der Waals surface area contributed by atoms with Crippen LogP contribution in [0.2, 0.25) is 0 Å². The molecule has 0 atom stereocenters. The zero-order chi connectivity index (χ0) is 17.6. The molecule has 0 heterocycles. The Balaban J connectivity index is 1.76. The summed E-state index contributed by atoms with van der Waals surface area (Å²) in [6.45, 7) is 0. The van der Waals surface area contributed by atoms with Gasteiger partial charge in [-0.2, -0.15) is 0 Å². The van der Waals surface area contributed by atoms with Crippen LogP contribution in [0, 0.1) is 5.82 Å². The molecule has 0 saturated carbocycles. The number of carbonyl (C=O) groups is 1. The van der Waals surface area contributed by atoms with Gasteiger partial charge in [0.2, 0.25) is 5.91 Å². The molecular weight excluding hydrogens is 346 g/mol. The van der Waals surface area contributed by atoms with Crippen LogP contribution < -0.4 is 10.1 Å². The summed E-state index contributed by atoms with van der Waals surface area (Å²) in [5.41, 5.74) is 0.376. The third kappa shape index (κ3) is 6.49. The van der Waals surface area contributed by atoms with Crippen molar-refractivity contribution in [1.82, 2.24) is 0 Å². The van der Waals surface area contributed by atoms with E-state index < -0.39 is 6.36 Å². The lowest BCUT2D eigenvalue weighted by Crippen LogP contribution is -2.17. The minimum Gasteiger partial charge on any atom is -0.406 e. The van der Waals surface area contributed by atoms with E-state index >= 15 is 0 Å². The van der Waals surface area contributed by atoms with E-state index in [1.807, 2.05) is 0 Å². The van der Waals surface area contributed by atoms with E-state index in [9.17, 15) is 22.4 Å². The van der Waals surface area contributed by atoms with Gasteiger partial charge in [-0.3, -0.25) is 4.79 Å². The molecule has 8 heteroatoms. The SMILES string of the molecule is O=C(CCSc1ccc(F)cc1)Nc1ccc(OC(F)(F)F)cc1. The molecule has 128 valence electrons. The van der Waals surface area contributed by atoms with E-state index in [4.69, 9.17) is 0 Å². The number of hydrogen-bond donors (Lipinski definition) is 1. The minimum absolute atomic E-state index is 0.211. The van der Waals surface area contributed by atoms with Crippen molar-refractivity contribution >= 4 is 23.4 Å². The van der Waals surface area contributed by atoms with E-state index in [1.165, 1.54) is 36.0 Å². The number of nitrogens with one attached hydrogen (secondary N) is 1. The van der Waals surface area contributed by atoms with Gasteiger partial charge >= 0.3 is 6.36 Å². The standard InChI is InChI=1S/C16H13F4NO2S/c17-11-1-7-14(8-2-11)24-10-9-15(22)21-12-3-5-13(6-4-12)23-16(18,19)20/h1-8H,9-10H2,(H,21,22). The Labute approximate surface area is 140 Å². The minimum atomic E-state index is -4.75. The fraction of sp³-hybridized carbons (Fsp3) is 0.188. The van der Waals surface area contributed by atoms with Crippen molar-refractivity contribution in [2.24, 2.45) is 0 Å². The first-order chi connectivity index (χ1) is 11.3. The maximum absolute atomic E-state index is 12.8. The Hall–Kier alpha value is -2.22. The number of anilines is 1. The van der Waals surface area contributed by atoms with Crippen LogP contribution in [0.3, 0.4) is 0 Å². The van der Waals surface area contributed by atoms with E-state index in [2.05, 4.69) is 10.1 Å². The molecule has 0 radical (unpaired) electrons. The molecule has 2 aromatic carbocycles. The van der Waals surface area contributed by atoms with Gasteiger partial charge in [-0.15, -0.1) is 24.9 Å². The Morgan fingerprint density at radius 1 is 1.04 bits per heavy atom. The molecule has 0 unspecified atom stereocenters. The number of halogens is 4. The molecule has 3 nitrogen and oxygen atoms in total. The van der Waals surface area contributed by atoms with Crippen LogP contribution >= 0.6 is 11.8 Å².